The van der Waals surface area contributed by atoms with E-state index in [0.29, 0.717) is 17.4 Å². The Kier molecular flexibility index (Phi) is 5.20. The molecule has 1 aromatic carbocycles. The number of methoxy groups -OCH3 is 1. The van der Waals surface area contributed by atoms with Crippen molar-refractivity contribution in [2.24, 2.45) is 5.92 Å². The second-order valence-electron chi connectivity index (χ2n) is 6.74. The summed E-state index contributed by atoms with van der Waals surface area (Å²) in [6.45, 7) is 3.70. The fraction of sp³-hybridized carbons (Fsp3) is 0.444. The van der Waals surface area contributed by atoms with E-state index in [9.17, 15) is 9.59 Å². The summed E-state index contributed by atoms with van der Waals surface area (Å²) in [6, 6.07) is 6.60. The highest BCUT2D eigenvalue weighted by Crippen LogP contribution is 2.38. The number of carbonyl (C=O) groups excluding carboxylic acids is 2. The second-order valence-corrected chi connectivity index (χ2v) is 6.74. The van der Waals surface area contributed by atoms with E-state index >= 15 is 0 Å². The van der Waals surface area contributed by atoms with Gasteiger partial charge in [-0.25, -0.2) is 9.78 Å². The molecule has 26 heavy (non-hydrogen) atoms. The average Bonchev–Trinajstić information content (AvgIpc) is 3.37. The third kappa shape index (κ3) is 4.19. The summed E-state index contributed by atoms with van der Waals surface area (Å²) < 4.78 is 4.57. The molecule has 3 rings (SSSR count). The molecule has 1 aromatic heterocycles. The van der Waals surface area contributed by atoms with E-state index in [4.69, 9.17) is 0 Å². The summed E-state index contributed by atoms with van der Waals surface area (Å²) in [5, 5.41) is 12.6. The highest BCUT2D eigenvalue weighted by atomic mass is 16.5. The van der Waals surface area contributed by atoms with Gasteiger partial charge in [-0.1, -0.05) is 13.8 Å². The zero-order chi connectivity index (χ0) is 18.7. The molecule has 1 fully saturated rings. The lowest BCUT2D eigenvalue weighted by atomic mass is 10.0. The molecular formula is C18H23N5O3. The molecule has 0 bridgehead atoms. The number of nitrogens with zero attached hydrogens (tertiary/aromatic N) is 2. The monoisotopic (exact) mass is 357 g/mol. The summed E-state index contributed by atoms with van der Waals surface area (Å²) >= 11 is 0. The van der Waals surface area contributed by atoms with Crippen LogP contribution in [0.2, 0.25) is 0 Å². The minimum Gasteiger partial charge on any atom is -0.453 e. The van der Waals surface area contributed by atoms with Crippen molar-refractivity contribution < 1.29 is 14.3 Å². The molecule has 1 unspecified atom stereocenters. The number of rotatable bonds is 6. The van der Waals surface area contributed by atoms with Crippen LogP contribution in [-0.2, 0) is 9.53 Å². The molecule has 1 aliphatic carbocycles. The lowest BCUT2D eigenvalue weighted by molar-refractivity contribution is -0.119. The van der Waals surface area contributed by atoms with Crippen molar-refractivity contribution in [1.82, 2.24) is 20.5 Å². The Morgan fingerprint density at radius 1 is 1.23 bits per heavy atom. The van der Waals surface area contributed by atoms with Gasteiger partial charge in [-0.15, -0.1) is 0 Å². The number of anilines is 1. The molecule has 0 saturated heterocycles. The van der Waals surface area contributed by atoms with E-state index in [1.54, 1.807) is 12.1 Å². The van der Waals surface area contributed by atoms with Crippen LogP contribution in [0, 0.1) is 5.92 Å². The van der Waals surface area contributed by atoms with Crippen molar-refractivity contribution in [2.75, 3.05) is 12.4 Å². The number of amides is 2. The number of hydrogen-bond acceptors (Lipinski definition) is 5. The maximum absolute atomic E-state index is 12.4. The predicted molar refractivity (Wildman–Crippen MR) is 96.6 cm³/mol. The Bertz CT molecular complexity index is 780. The molecule has 2 amide bonds. The molecular weight excluding hydrogens is 334 g/mol. The smallest absolute Gasteiger partial charge is 0.407 e. The molecule has 3 N–H and O–H groups in total. The average molecular weight is 357 g/mol. The van der Waals surface area contributed by atoms with Crippen LogP contribution in [0.15, 0.2) is 24.3 Å². The van der Waals surface area contributed by atoms with Crippen molar-refractivity contribution in [1.29, 1.82) is 0 Å². The van der Waals surface area contributed by atoms with Gasteiger partial charge in [-0.2, -0.15) is 5.10 Å². The van der Waals surface area contributed by atoms with Crippen LogP contribution in [0.4, 0.5) is 10.5 Å². The van der Waals surface area contributed by atoms with Gasteiger partial charge in [0.2, 0.25) is 5.91 Å². The first-order valence-corrected chi connectivity index (χ1v) is 8.66. The number of aromatic nitrogens is 3. The van der Waals surface area contributed by atoms with Gasteiger partial charge < -0.3 is 15.4 Å². The van der Waals surface area contributed by atoms with Crippen LogP contribution < -0.4 is 10.6 Å². The lowest BCUT2D eigenvalue weighted by Gasteiger charge is -2.20. The number of H-pyrrole nitrogens is 1. The third-order valence-electron chi connectivity index (χ3n) is 4.29. The van der Waals surface area contributed by atoms with Gasteiger partial charge in [0.05, 0.1) is 7.11 Å². The van der Waals surface area contributed by atoms with Gasteiger partial charge in [0.1, 0.15) is 11.9 Å². The summed E-state index contributed by atoms with van der Waals surface area (Å²) in [4.78, 5) is 28.4. The van der Waals surface area contributed by atoms with Gasteiger partial charge >= 0.3 is 6.09 Å². The number of carbonyl (C=O) groups is 2. The van der Waals surface area contributed by atoms with Gasteiger partial charge in [-0.05, 0) is 43.0 Å². The van der Waals surface area contributed by atoms with E-state index < -0.39 is 12.1 Å². The lowest BCUT2D eigenvalue weighted by Crippen LogP contribution is -2.47. The normalized spacial score (nSPS) is 14.8. The number of nitrogens with one attached hydrogen (secondary N) is 3. The standard InChI is InChI=1S/C18H23N5O3/c1-10(2)14(20-18(25)26-3)17(24)19-13-8-6-12(7-9-13)16-21-15(22-23-16)11-4-5-11/h6-11,14H,4-5H2,1-3H3,(H,19,24)(H,20,25)(H,21,22,23). The number of hydrogen-bond donors (Lipinski definition) is 3. The molecule has 0 spiro atoms. The molecule has 8 heteroatoms. The van der Waals surface area contributed by atoms with Crippen molar-refractivity contribution in [3.8, 4) is 11.4 Å². The van der Waals surface area contributed by atoms with E-state index in [1.807, 2.05) is 26.0 Å². The maximum Gasteiger partial charge on any atom is 0.407 e. The second kappa shape index (κ2) is 7.55. The number of alkyl carbamates (subject to hydrolysis) is 1. The fourth-order valence-corrected chi connectivity index (χ4v) is 2.59. The van der Waals surface area contributed by atoms with Crippen molar-refractivity contribution in [3.63, 3.8) is 0 Å². The number of benzene rings is 1. The zero-order valence-corrected chi connectivity index (χ0v) is 15.1. The van der Waals surface area contributed by atoms with Crippen LogP contribution in [0.25, 0.3) is 11.4 Å². The minimum absolute atomic E-state index is 0.0810. The number of aromatic amines is 1. The zero-order valence-electron chi connectivity index (χ0n) is 15.1. The molecule has 1 heterocycles. The molecule has 0 radical (unpaired) electrons. The van der Waals surface area contributed by atoms with E-state index in [0.717, 1.165) is 24.2 Å². The number of ether oxygens (including phenoxy) is 1. The topological polar surface area (TPSA) is 109 Å². The first-order valence-electron chi connectivity index (χ1n) is 8.66. The van der Waals surface area contributed by atoms with Gasteiger partial charge in [0.25, 0.3) is 0 Å². The van der Waals surface area contributed by atoms with Crippen LogP contribution >= 0.6 is 0 Å². The molecule has 2 aromatic rings. The Hall–Kier alpha value is -2.90. The van der Waals surface area contributed by atoms with E-state index in [-0.39, 0.29) is 11.8 Å². The van der Waals surface area contributed by atoms with Crippen LogP contribution in [0.1, 0.15) is 38.4 Å². The van der Waals surface area contributed by atoms with Crippen LogP contribution in [0.5, 0.6) is 0 Å². The molecule has 0 aliphatic heterocycles. The van der Waals surface area contributed by atoms with Crippen LogP contribution in [0.3, 0.4) is 0 Å². The highest BCUT2D eigenvalue weighted by molar-refractivity contribution is 5.96. The van der Waals surface area contributed by atoms with Crippen LogP contribution in [-0.4, -0.2) is 40.3 Å². The molecule has 138 valence electrons. The Labute approximate surface area is 151 Å². The minimum atomic E-state index is -0.684. The Morgan fingerprint density at radius 2 is 1.92 bits per heavy atom. The van der Waals surface area contributed by atoms with Gasteiger partial charge in [-0.3, -0.25) is 9.89 Å². The van der Waals surface area contributed by atoms with E-state index in [1.165, 1.54) is 7.11 Å². The van der Waals surface area contributed by atoms with E-state index in [2.05, 4.69) is 30.6 Å². The summed E-state index contributed by atoms with van der Waals surface area (Å²) in [5.41, 5.74) is 1.51. The SMILES string of the molecule is COC(=O)NC(C(=O)Nc1ccc(-c2n[nH]c(C3CC3)n2)cc1)C(C)C. The van der Waals surface area contributed by atoms with Gasteiger partial charge in [0.15, 0.2) is 5.82 Å². The summed E-state index contributed by atoms with van der Waals surface area (Å²) in [5.74, 6) is 1.72. The first-order chi connectivity index (χ1) is 12.5. The highest BCUT2D eigenvalue weighted by Gasteiger charge is 2.27. The molecule has 1 aliphatic rings. The van der Waals surface area contributed by atoms with Crippen molar-refractivity contribution in [3.05, 3.63) is 30.1 Å². The van der Waals surface area contributed by atoms with Gasteiger partial charge in [0, 0.05) is 17.2 Å². The summed E-state index contributed by atoms with van der Waals surface area (Å²) in [7, 11) is 1.26. The van der Waals surface area contributed by atoms with Crippen molar-refractivity contribution >= 4 is 17.7 Å². The Balaban J connectivity index is 1.65. The largest absolute Gasteiger partial charge is 0.453 e. The maximum atomic E-state index is 12.4. The summed E-state index contributed by atoms with van der Waals surface area (Å²) in [6.07, 6.45) is 1.69. The fourth-order valence-electron chi connectivity index (χ4n) is 2.59. The Morgan fingerprint density at radius 3 is 2.50 bits per heavy atom. The third-order valence-corrected chi connectivity index (χ3v) is 4.29. The molecule has 8 nitrogen and oxygen atoms in total. The predicted octanol–water partition coefficient (Wildman–Crippen LogP) is 2.67. The molecule has 1 atom stereocenters. The quantitative estimate of drug-likeness (QED) is 0.736. The van der Waals surface area contributed by atoms with Crippen molar-refractivity contribution in [2.45, 2.75) is 38.6 Å². The first kappa shape index (κ1) is 17.9. The molecule has 1 saturated carbocycles.